The molecule has 7 heteroatoms. The van der Waals surface area contributed by atoms with Crippen LogP contribution in [-0.2, 0) is 4.79 Å². The number of carboxylic acids is 1. The molecule has 0 aliphatic heterocycles. The lowest BCUT2D eigenvalue weighted by molar-refractivity contribution is -0.141. The topological polar surface area (TPSA) is 110 Å². The molecule has 116 valence electrons. The smallest absolute Gasteiger partial charge is 0.326 e. The number of aliphatic hydroxyl groups is 2. The lowest BCUT2D eigenvalue weighted by Crippen LogP contribution is -2.52. The molecule has 0 heterocycles. The third-order valence-electron chi connectivity index (χ3n) is 3.69. The molecule has 1 fully saturated rings. The predicted molar refractivity (Wildman–Crippen MR) is 72.3 cm³/mol. The van der Waals surface area contributed by atoms with Crippen LogP contribution in [0.15, 0.2) is 0 Å². The van der Waals surface area contributed by atoms with Gasteiger partial charge in [0.25, 0.3) is 0 Å². The van der Waals surface area contributed by atoms with Gasteiger partial charge in [0.05, 0.1) is 13.2 Å². The molecular formula is C13H24N2O5. The number of rotatable bonds is 7. The number of carbonyl (C=O) groups excluding carboxylic acids is 1. The van der Waals surface area contributed by atoms with E-state index in [9.17, 15) is 14.7 Å². The highest BCUT2D eigenvalue weighted by Gasteiger charge is 2.31. The average Bonchev–Trinajstić information content (AvgIpc) is 2.45. The normalized spacial score (nSPS) is 17.5. The van der Waals surface area contributed by atoms with Crippen molar-refractivity contribution >= 4 is 12.0 Å². The van der Waals surface area contributed by atoms with E-state index in [0.29, 0.717) is 0 Å². The summed E-state index contributed by atoms with van der Waals surface area (Å²) in [7, 11) is 0. The van der Waals surface area contributed by atoms with Crippen LogP contribution in [0.3, 0.4) is 0 Å². The van der Waals surface area contributed by atoms with Crippen molar-refractivity contribution in [1.29, 1.82) is 0 Å². The molecule has 1 atom stereocenters. The molecule has 1 aliphatic carbocycles. The monoisotopic (exact) mass is 288 g/mol. The number of nitrogens with one attached hydrogen (secondary N) is 1. The van der Waals surface area contributed by atoms with Gasteiger partial charge in [-0.05, 0) is 18.8 Å². The highest BCUT2D eigenvalue weighted by atomic mass is 16.4. The number of urea groups is 1. The molecule has 1 rings (SSSR count). The maximum absolute atomic E-state index is 12.0. The highest BCUT2D eigenvalue weighted by molar-refractivity contribution is 5.82. The van der Waals surface area contributed by atoms with E-state index >= 15 is 0 Å². The molecule has 1 unspecified atom stereocenters. The number of carboxylic acid groups (broad SMARTS) is 1. The lowest BCUT2D eigenvalue weighted by Gasteiger charge is -2.30. The number of hydrogen-bond donors (Lipinski definition) is 4. The molecule has 1 saturated carbocycles. The first-order valence-electron chi connectivity index (χ1n) is 7.10. The van der Waals surface area contributed by atoms with Crippen molar-refractivity contribution < 1.29 is 24.9 Å². The molecule has 2 amide bonds. The predicted octanol–water partition coefficient (Wildman–Crippen LogP) is 0.0161. The van der Waals surface area contributed by atoms with Gasteiger partial charge in [0, 0.05) is 13.1 Å². The Hall–Kier alpha value is -1.34. The summed E-state index contributed by atoms with van der Waals surface area (Å²) in [4.78, 5) is 24.6. The number of hydrogen-bond acceptors (Lipinski definition) is 4. The van der Waals surface area contributed by atoms with Crippen molar-refractivity contribution in [2.75, 3.05) is 26.3 Å². The van der Waals surface area contributed by atoms with Crippen molar-refractivity contribution in [2.24, 2.45) is 5.92 Å². The zero-order valence-electron chi connectivity index (χ0n) is 11.6. The Morgan fingerprint density at radius 2 is 1.65 bits per heavy atom. The number of aliphatic carboxylic acids is 1. The van der Waals surface area contributed by atoms with Crippen LogP contribution in [0.2, 0.25) is 0 Å². The van der Waals surface area contributed by atoms with E-state index in [1.165, 1.54) is 4.90 Å². The molecule has 0 saturated heterocycles. The van der Waals surface area contributed by atoms with Crippen molar-refractivity contribution in [3.8, 4) is 0 Å². The SMILES string of the molecule is O=C(O)C(NC(=O)N(CCO)CCO)C1CCCCC1. The summed E-state index contributed by atoms with van der Waals surface area (Å²) in [6.07, 6.45) is 4.69. The average molecular weight is 288 g/mol. The van der Waals surface area contributed by atoms with E-state index in [0.717, 1.165) is 32.1 Å². The zero-order chi connectivity index (χ0) is 15.0. The highest BCUT2D eigenvalue weighted by Crippen LogP contribution is 2.26. The van der Waals surface area contributed by atoms with Crippen LogP contribution in [0.4, 0.5) is 4.79 Å². The van der Waals surface area contributed by atoms with Gasteiger partial charge >= 0.3 is 12.0 Å². The maximum atomic E-state index is 12.0. The summed E-state index contributed by atoms with van der Waals surface area (Å²) >= 11 is 0. The second-order valence-electron chi connectivity index (χ2n) is 5.10. The van der Waals surface area contributed by atoms with E-state index in [1.807, 2.05) is 0 Å². The van der Waals surface area contributed by atoms with Crippen LogP contribution in [0.5, 0.6) is 0 Å². The summed E-state index contributed by atoms with van der Waals surface area (Å²) in [6, 6.07) is -1.45. The maximum Gasteiger partial charge on any atom is 0.326 e. The van der Waals surface area contributed by atoms with Gasteiger partial charge in [-0.2, -0.15) is 0 Å². The Morgan fingerprint density at radius 1 is 1.10 bits per heavy atom. The quantitative estimate of drug-likeness (QED) is 0.528. The number of aliphatic hydroxyl groups excluding tert-OH is 2. The summed E-state index contributed by atoms with van der Waals surface area (Å²) in [5.41, 5.74) is 0. The molecule has 0 radical (unpaired) electrons. The first-order valence-corrected chi connectivity index (χ1v) is 7.10. The fourth-order valence-corrected chi connectivity index (χ4v) is 2.63. The molecule has 0 spiro atoms. The number of carbonyl (C=O) groups is 2. The van der Waals surface area contributed by atoms with Gasteiger partial charge in [-0.25, -0.2) is 9.59 Å². The molecular weight excluding hydrogens is 264 g/mol. The summed E-state index contributed by atoms with van der Waals surface area (Å²) in [5.74, 6) is -1.08. The van der Waals surface area contributed by atoms with E-state index in [1.54, 1.807) is 0 Å². The molecule has 7 nitrogen and oxygen atoms in total. The molecule has 0 bridgehead atoms. The number of nitrogens with zero attached hydrogens (tertiary/aromatic N) is 1. The molecule has 0 aromatic carbocycles. The Morgan fingerprint density at radius 3 is 2.10 bits per heavy atom. The van der Waals surface area contributed by atoms with Gasteiger partial charge in [0.15, 0.2) is 0 Å². The van der Waals surface area contributed by atoms with Crippen molar-refractivity contribution in [3.05, 3.63) is 0 Å². The molecule has 0 aromatic heterocycles. The molecule has 20 heavy (non-hydrogen) atoms. The Kier molecular flexibility index (Phi) is 7.32. The van der Waals surface area contributed by atoms with Crippen LogP contribution in [0.25, 0.3) is 0 Å². The lowest BCUT2D eigenvalue weighted by atomic mass is 9.84. The Bertz CT molecular complexity index is 312. The van der Waals surface area contributed by atoms with Crippen LogP contribution >= 0.6 is 0 Å². The minimum absolute atomic E-state index is 0.0460. The third-order valence-corrected chi connectivity index (χ3v) is 3.69. The molecule has 4 N–H and O–H groups in total. The van der Waals surface area contributed by atoms with E-state index in [-0.39, 0.29) is 32.2 Å². The molecule has 0 aromatic rings. The zero-order valence-corrected chi connectivity index (χ0v) is 11.6. The van der Waals surface area contributed by atoms with Gasteiger partial charge < -0.3 is 25.5 Å². The van der Waals surface area contributed by atoms with Crippen LogP contribution in [0.1, 0.15) is 32.1 Å². The Labute approximate surface area is 118 Å². The van der Waals surface area contributed by atoms with Gasteiger partial charge in [-0.3, -0.25) is 0 Å². The van der Waals surface area contributed by atoms with Crippen LogP contribution in [0, 0.1) is 5.92 Å². The third kappa shape index (κ3) is 4.97. The Balaban J connectivity index is 2.63. The first-order chi connectivity index (χ1) is 9.60. The second kappa shape index (κ2) is 8.76. The van der Waals surface area contributed by atoms with E-state index < -0.39 is 18.0 Å². The van der Waals surface area contributed by atoms with Crippen molar-refractivity contribution in [3.63, 3.8) is 0 Å². The number of amides is 2. The van der Waals surface area contributed by atoms with Gasteiger partial charge in [0.2, 0.25) is 0 Å². The second-order valence-corrected chi connectivity index (χ2v) is 5.10. The van der Waals surface area contributed by atoms with Crippen molar-refractivity contribution in [1.82, 2.24) is 10.2 Å². The minimum Gasteiger partial charge on any atom is -0.480 e. The van der Waals surface area contributed by atoms with Crippen molar-refractivity contribution in [2.45, 2.75) is 38.1 Å². The van der Waals surface area contributed by atoms with Gasteiger partial charge in [-0.15, -0.1) is 0 Å². The van der Waals surface area contributed by atoms with E-state index in [4.69, 9.17) is 10.2 Å². The van der Waals surface area contributed by atoms with Gasteiger partial charge in [0.1, 0.15) is 6.04 Å². The summed E-state index contributed by atoms with van der Waals surface area (Å²) in [6.45, 7) is -0.310. The standard InChI is InChI=1S/C13H24N2O5/c16-8-6-15(7-9-17)13(20)14-11(12(18)19)10-4-2-1-3-5-10/h10-11,16-17H,1-9H2,(H,14,20)(H,18,19). The molecule has 1 aliphatic rings. The largest absolute Gasteiger partial charge is 0.480 e. The van der Waals surface area contributed by atoms with Crippen LogP contribution in [-0.4, -0.2) is 64.6 Å². The minimum atomic E-state index is -1.03. The fraction of sp³-hybridized carbons (Fsp3) is 0.846. The van der Waals surface area contributed by atoms with Crippen LogP contribution < -0.4 is 5.32 Å². The summed E-state index contributed by atoms with van der Waals surface area (Å²) in [5, 5.41) is 29.6. The fourth-order valence-electron chi connectivity index (χ4n) is 2.63. The first kappa shape index (κ1) is 16.7. The summed E-state index contributed by atoms with van der Waals surface area (Å²) < 4.78 is 0. The van der Waals surface area contributed by atoms with E-state index in [2.05, 4.69) is 5.32 Å². The van der Waals surface area contributed by atoms with Gasteiger partial charge in [-0.1, -0.05) is 19.3 Å².